The van der Waals surface area contributed by atoms with Crippen LogP contribution in [0.1, 0.15) is 32.6 Å². The van der Waals surface area contributed by atoms with Gasteiger partial charge in [-0.05, 0) is 12.3 Å². The van der Waals surface area contributed by atoms with E-state index in [1.165, 1.54) is 0 Å². The van der Waals surface area contributed by atoms with Crippen LogP contribution in [0, 0.1) is 18.3 Å². The van der Waals surface area contributed by atoms with E-state index < -0.39 is 11.9 Å². The molecule has 0 unspecified atom stereocenters. The normalized spacial score (nSPS) is 11.5. The Hall–Kier alpha value is -1.50. The Balaban J connectivity index is 3.98. The van der Waals surface area contributed by atoms with E-state index in [1.54, 1.807) is 0 Å². The SMILES string of the molecule is C#CCOC(=O)C[C@@H](CCC)CC(=O)O. The van der Waals surface area contributed by atoms with Crippen LogP contribution in [0.3, 0.4) is 0 Å². The van der Waals surface area contributed by atoms with E-state index in [0.29, 0.717) is 6.42 Å². The third-order valence-corrected chi connectivity index (χ3v) is 1.93. The van der Waals surface area contributed by atoms with E-state index in [0.717, 1.165) is 6.42 Å². The van der Waals surface area contributed by atoms with Gasteiger partial charge in [-0.25, -0.2) is 0 Å². The molecule has 0 rings (SSSR count). The van der Waals surface area contributed by atoms with Gasteiger partial charge in [0, 0.05) is 12.8 Å². The van der Waals surface area contributed by atoms with Gasteiger partial charge in [0.25, 0.3) is 0 Å². The zero-order valence-corrected chi connectivity index (χ0v) is 8.86. The van der Waals surface area contributed by atoms with Gasteiger partial charge in [0.1, 0.15) is 0 Å². The molecule has 0 aliphatic rings. The highest BCUT2D eigenvalue weighted by molar-refractivity contribution is 5.72. The first-order valence-electron chi connectivity index (χ1n) is 4.91. The number of rotatable bonds is 7. The maximum Gasteiger partial charge on any atom is 0.307 e. The summed E-state index contributed by atoms with van der Waals surface area (Å²) in [5, 5.41) is 8.62. The molecule has 0 aliphatic heterocycles. The molecular weight excluding hydrogens is 196 g/mol. The average molecular weight is 212 g/mol. The highest BCUT2D eigenvalue weighted by atomic mass is 16.5. The van der Waals surface area contributed by atoms with Crippen LogP contribution >= 0.6 is 0 Å². The number of carbonyl (C=O) groups excluding carboxylic acids is 1. The maximum atomic E-state index is 11.2. The summed E-state index contributed by atoms with van der Waals surface area (Å²) >= 11 is 0. The van der Waals surface area contributed by atoms with Crippen molar-refractivity contribution in [2.75, 3.05) is 6.61 Å². The van der Waals surface area contributed by atoms with Crippen LogP contribution in [0.2, 0.25) is 0 Å². The number of hydrogen-bond donors (Lipinski definition) is 1. The van der Waals surface area contributed by atoms with Crippen LogP contribution in [0.15, 0.2) is 0 Å². The monoisotopic (exact) mass is 212 g/mol. The van der Waals surface area contributed by atoms with E-state index in [2.05, 4.69) is 10.7 Å². The fourth-order valence-corrected chi connectivity index (χ4v) is 1.35. The molecule has 84 valence electrons. The molecule has 0 radical (unpaired) electrons. The van der Waals surface area contributed by atoms with Gasteiger partial charge in [-0.3, -0.25) is 9.59 Å². The molecular formula is C11H16O4. The first-order chi connectivity index (χ1) is 7.10. The Morgan fingerprint density at radius 2 is 2.13 bits per heavy atom. The number of carboxylic acids is 1. The summed E-state index contributed by atoms with van der Waals surface area (Å²) in [4.78, 5) is 21.7. The molecule has 0 aromatic rings. The van der Waals surface area contributed by atoms with Crippen molar-refractivity contribution in [2.45, 2.75) is 32.6 Å². The van der Waals surface area contributed by atoms with Crippen molar-refractivity contribution in [3.63, 3.8) is 0 Å². The lowest BCUT2D eigenvalue weighted by Gasteiger charge is -2.12. The zero-order valence-electron chi connectivity index (χ0n) is 8.86. The maximum absolute atomic E-state index is 11.2. The largest absolute Gasteiger partial charge is 0.481 e. The van der Waals surface area contributed by atoms with Gasteiger partial charge in [-0.15, -0.1) is 6.42 Å². The lowest BCUT2D eigenvalue weighted by Crippen LogP contribution is -2.15. The Labute approximate surface area is 89.6 Å². The molecule has 1 atom stereocenters. The minimum Gasteiger partial charge on any atom is -0.481 e. The molecule has 15 heavy (non-hydrogen) atoms. The molecule has 0 aromatic heterocycles. The lowest BCUT2D eigenvalue weighted by molar-refractivity contribution is -0.144. The molecule has 0 saturated carbocycles. The average Bonchev–Trinajstić information content (AvgIpc) is 2.14. The predicted molar refractivity (Wildman–Crippen MR) is 55.1 cm³/mol. The second-order valence-corrected chi connectivity index (χ2v) is 3.32. The minimum atomic E-state index is -0.891. The van der Waals surface area contributed by atoms with E-state index in [9.17, 15) is 9.59 Å². The Morgan fingerprint density at radius 1 is 1.47 bits per heavy atom. The van der Waals surface area contributed by atoms with E-state index in [1.807, 2.05) is 6.92 Å². The van der Waals surface area contributed by atoms with Crippen LogP contribution < -0.4 is 0 Å². The third-order valence-electron chi connectivity index (χ3n) is 1.93. The molecule has 0 fully saturated rings. The van der Waals surface area contributed by atoms with Crippen LogP contribution in [-0.2, 0) is 14.3 Å². The van der Waals surface area contributed by atoms with Crippen molar-refractivity contribution in [1.29, 1.82) is 0 Å². The van der Waals surface area contributed by atoms with Crippen molar-refractivity contribution >= 4 is 11.9 Å². The highest BCUT2D eigenvalue weighted by Gasteiger charge is 2.17. The van der Waals surface area contributed by atoms with Crippen LogP contribution in [-0.4, -0.2) is 23.7 Å². The lowest BCUT2D eigenvalue weighted by atomic mass is 9.96. The van der Waals surface area contributed by atoms with Gasteiger partial charge < -0.3 is 9.84 Å². The van der Waals surface area contributed by atoms with Crippen molar-refractivity contribution in [3.8, 4) is 12.3 Å². The van der Waals surface area contributed by atoms with Gasteiger partial charge in [-0.1, -0.05) is 19.3 Å². The smallest absolute Gasteiger partial charge is 0.307 e. The van der Waals surface area contributed by atoms with Gasteiger partial charge in [0.05, 0.1) is 0 Å². The van der Waals surface area contributed by atoms with E-state index in [-0.39, 0.29) is 25.4 Å². The minimum absolute atomic E-state index is 0.000998. The number of terminal acetylenes is 1. The molecule has 0 spiro atoms. The summed E-state index contributed by atoms with van der Waals surface area (Å²) in [6.07, 6.45) is 6.60. The number of aliphatic carboxylic acids is 1. The highest BCUT2D eigenvalue weighted by Crippen LogP contribution is 2.16. The molecule has 0 bridgehead atoms. The van der Waals surface area contributed by atoms with Gasteiger partial charge in [0.2, 0.25) is 0 Å². The number of carbonyl (C=O) groups is 2. The van der Waals surface area contributed by atoms with E-state index in [4.69, 9.17) is 11.5 Å². The molecule has 0 saturated heterocycles. The molecule has 0 aromatic carbocycles. The second kappa shape index (κ2) is 7.86. The van der Waals surface area contributed by atoms with Gasteiger partial charge in [-0.2, -0.15) is 0 Å². The molecule has 1 N–H and O–H groups in total. The molecule has 4 heteroatoms. The summed E-state index contributed by atoms with van der Waals surface area (Å²) in [7, 11) is 0. The summed E-state index contributed by atoms with van der Waals surface area (Å²) in [5.74, 6) is 0.716. The summed E-state index contributed by atoms with van der Waals surface area (Å²) < 4.78 is 4.68. The van der Waals surface area contributed by atoms with Crippen LogP contribution in [0.5, 0.6) is 0 Å². The quantitative estimate of drug-likeness (QED) is 0.512. The van der Waals surface area contributed by atoms with E-state index >= 15 is 0 Å². The summed E-state index contributed by atoms with van der Waals surface area (Å²) in [6, 6.07) is 0. The van der Waals surface area contributed by atoms with Crippen molar-refractivity contribution in [2.24, 2.45) is 5.92 Å². The number of esters is 1. The number of carboxylic acid groups (broad SMARTS) is 1. The predicted octanol–water partition coefficient (Wildman–Crippen LogP) is 1.44. The first-order valence-corrected chi connectivity index (χ1v) is 4.91. The molecule has 0 amide bonds. The van der Waals surface area contributed by atoms with Crippen LogP contribution in [0.4, 0.5) is 0 Å². The first kappa shape index (κ1) is 13.5. The van der Waals surface area contributed by atoms with Crippen molar-refractivity contribution in [1.82, 2.24) is 0 Å². The summed E-state index contributed by atoms with van der Waals surface area (Å²) in [6.45, 7) is 1.90. The number of ether oxygens (including phenoxy) is 1. The topological polar surface area (TPSA) is 63.6 Å². The van der Waals surface area contributed by atoms with Crippen LogP contribution in [0.25, 0.3) is 0 Å². The second-order valence-electron chi connectivity index (χ2n) is 3.32. The zero-order chi connectivity index (χ0) is 11.7. The van der Waals surface area contributed by atoms with Crippen molar-refractivity contribution in [3.05, 3.63) is 0 Å². The fraction of sp³-hybridized carbons (Fsp3) is 0.636. The Bertz CT molecular complexity index is 252. The molecule has 0 aliphatic carbocycles. The fourth-order valence-electron chi connectivity index (χ4n) is 1.35. The van der Waals surface area contributed by atoms with Crippen molar-refractivity contribution < 1.29 is 19.4 Å². The standard InChI is InChI=1S/C11H16O4/c1-3-5-9(7-10(12)13)8-11(14)15-6-4-2/h2,9H,3,5-8H2,1H3,(H,12,13)/t9-/m0/s1. The third kappa shape index (κ3) is 7.56. The van der Waals surface area contributed by atoms with Gasteiger partial charge in [0.15, 0.2) is 6.61 Å². The van der Waals surface area contributed by atoms with Gasteiger partial charge >= 0.3 is 11.9 Å². The summed E-state index contributed by atoms with van der Waals surface area (Å²) in [5.41, 5.74) is 0. The Morgan fingerprint density at radius 3 is 2.60 bits per heavy atom. The Kier molecular flexibility index (Phi) is 7.08. The molecule has 0 heterocycles. The molecule has 4 nitrogen and oxygen atoms in total. The number of hydrogen-bond acceptors (Lipinski definition) is 3.